The summed E-state index contributed by atoms with van der Waals surface area (Å²) in [6.45, 7) is 9.49. The molecular formula is C20H30FN3O5S. The Morgan fingerprint density at radius 2 is 1.80 bits per heavy atom. The Kier molecular flexibility index (Phi) is 7.46. The minimum atomic E-state index is -3.85. The summed E-state index contributed by atoms with van der Waals surface area (Å²) in [6.07, 6.45) is 0.563. The number of amides is 2. The fraction of sp³-hybridized carbons (Fsp3) is 0.600. The molecule has 168 valence electrons. The van der Waals surface area contributed by atoms with Gasteiger partial charge in [-0.1, -0.05) is 0 Å². The predicted octanol–water partition coefficient (Wildman–Crippen LogP) is 2.64. The van der Waals surface area contributed by atoms with E-state index in [0.717, 1.165) is 18.2 Å². The Hall–Kier alpha value is -2.20. The first-order valence-corrected chi connectivity index (χ1v) is 11.4. The molecule has 0 aliphatic carbocycles. The van der Waals surface area contributed by atoms with Gasteiger partial charge in [0, 0.05) is 25.2 Å². The lowest BCUT2D eigenvalue weighted by molar-refractivity contribution is 0.0199. The van der Waals surface area contributed by atoms with Crippen molar-refractivity contribution in [3.63, 3.8) is 0 Å². The van der Waals surface area contributed by atoms with Gasteiger partial charge in [0.15, 0.2) is 0 Å². The number of halogens is 1. The third-order valence-electron chi connectivity index (χ3n) is 4.37. The molecule has 8 nitrogen and oxygen atoms in total. The van der Waals surface area contributed by atoms with Gasteiger partial charge in [-0.15, -0.1) is 0 Å². The number of hydrogen-bond donors (Lipinski definition) is 2. The Morgan fingerprint density at radius 1 is 1.20 bits per heavy atom. The molecule has 1 aromatic carbocycles. The molecule has 0 radical (unpaired) electrons. The van der Waals surface area contributed by atoms with Crippen LogP contribution in [0.25, 0.3) is 0 Å². The quantitative estimate of drug-likeness (QED) is 0.728. The normalized spacial score (nSPS) is 15.9. The van der Waals surface area contributed by atoms with Gasteiger partial charge in [-0.25, -0.2) is 22.3 Å². The van der Waals surface area contributed by atoms with Crippen molar-refractivity contribution < 1.29 is 27.1 Å². The van der Waals surface area contributed by atoms with Crippen LogP contribution < -0.4 is 10.0 Å². The van der Waals surface area contributed by atoms with Gasteiger partial charge in [-0.05, 0) is 65.7 Å². The van der Waals surface area contributed by atoms with Crippen LogP contribution in [0.3, 0.4) is 0 Å². The number of hydrogen-bond acceptors (Lipinski definition) is 5. The summed E-state index contributed by atoms with van der Waals surface area (Å²) in [7, 11) is -3.85. The molecule has 0 unspecified atom stereocenters. The van der Waals surface area contributed by atoms with Crippen molar-refractivity contribution in [2.45, 2.75) is 70.0 Å². The molecule has 1 heterocycles. The van der Waals surface area contributed by atoms with Crippen LogP contribution in [-0.4, -0.2) is 56.1 Å². The van der Waals surface area contributed by atoms with Gasteiger partial charge >= 0.3 is 6.09 Å². The monoisotopic (exact) mass is 443 g/mol. The Labute approximate surface area is 177 Å². The second kappa shape index (κ2) is 9.30. The highest BCUT2D eigenvalue weighted by atomic mass is 32.2. The molecule has 10 heteroatoms. The highest BCUT2D eigenvalue weighted by Crippen LogP contribution is 2.18. The lowest BCUT2D eigenvalue weighted by Gasteiger charge is -2.33. The summed E-state index contributed by atoms with van der Waals surface area (Å²) < 4.78 is 46.6. The molecule has 1 aliphatic rings. The number of sulfonamides is 1. The third kappa shape index (κ3) is 6.66. The van der Waals surface area contributed by atoms with Crippen LogP contribution in [0.4, 0.5) is 9.18 Å². The van der Waals surface area contributed by atoms with Crippen molar-refractivity contribution >= 4 is 22.0 Å². The summed E-state index contributed by atoms with van der Waals surface area (Å²) >= 11 is 0. The average Bonchev–Trinajstić information content (AvgIpc) is 2.59. The molecule has 1 aliphatic heterocycles. The summed E-state index contributed by atoms with van der Waals surface area (Å²) in [5, 5.41) is 2.73. The fourth-order valence-corrected chi connectivity index (χ4v) is 4.30. The smallest absolute Gasteiger partial charge is 0.410 e. The van der Waals surface area contributed by atoms with Gasteiger partial charge in [-0.2, -0.15) is 0 Å². The van der Waals surface area contributed by atoms with Crippen LogP contribution in [-0.2, 0) is 14.8 Å². The van der Waals surface area contributed by atoms with Crippen LogP contribution in [0.1, 0.15) is 57.8 Å². The molecule has 1 fully saturated rings. The topological polar surface area (TPSA) is 105 Å². The van der Waals surface area contributed by atoms with E-state index in [2.05, 4.69) is 10.0 Å². The lowest BCUT2D eigenvalue weighted by atomic mass is 10.0. The van der Waals surface area contributed by atoms with E-state index in [1.54, 1.807) is 39.5 Å². The molecule has 0 saturated carbocycles. The summed E-state index contributed by atoms with van der Waals surface area (Å²) in [5.41, 5.74) is -0.925. The molecule has 2 rings (SSSR count). The van der Waals surface area contributed by atoms with Crippen molar-refractivity contribution in [1.82, 2.24) is 14.9 Å². The Bertz CT molecular complexity index is 888. The van der Waals surface area contributed by atoms with E-state index in [1.807, 2.05) is 0 Å². The maximum Gasteiger partial charge on any atom is 0.410 e. The first-order valence-electron chi connectivity index (χ1n) is 9.89. The van der Waals surface area contributed by atoms with Crippen LogP contribution in [0, 0.1) is 5.82 Å². The molecule has 1 saturated heterocycles. The second-order valence-electron chi connectivity index (χ2n) is 8.63. The van der Waals surface area contributed by atoms with E-state index < -0.39 is 33.4 Å². The minimum Gasteiger partial charge on any atom is -0.444 e. The molecular weight excluding hydrogens is 413 g/mol. The van der Waals surface area contributed by atoms with E-state index >= 15 is 0 Å². The highest BCUT2D eigenvalue weighted by molar-refractivity contribution is 7.89. The minimum absolute atomic E-state index is 0.178. The number of carbonyl (C=O) groups excluding carboxylic acids is 2. The number of ether oxygens (including phenoxy) is 1. The first-order chi connectivity index (χ1) is 13.8. The number of piperidine rings is 1. The van der Waals surface area contributed by atoms with Crippen LogP contribution in [0.5, 0.6) is 0 Å². The predicted molar refractivity (Wildman–Crippen MR) is 110 cm³/mol. The van der Waals surface area contributed by atoms with Crippen molar-refractivity contribution in [1.29, 1.82) is 0 Å². The Morgan fingerprint density at radius 3 is 2.33 bits per heavy atom. The molecule has 0 bridgehead atoms. The van der Waals surface area contributed by atoms with E-state index in [-0.39, 0.29) is 22.5 Å². The maximum absolute atomic E-state index is 14.2. The number of rotatable bonds is 5. The van der Waals surface area contributed by atoms with Crippen LogP contribution in [0.2, 0.25) is 0 Å². The Balaban J connectivity index is 2.02. The summed E-state index contributed by atoms with van der Waals surface area (Å²) in [6, 6.07) is 2.52. The number of likely N-dealkylation sites (tertiary alicyclic amines) is 1. The van der Waals surface area contributed by atoms with Gasteiger partial charge in [0.2, 0.25) is 10.0 Å². The van der Waals surface area contributed by atoms with Crippen molar-refractivity contribution in [2.24, 2.45) is 0 Å². The average molecular weight is 444 g/mol. The first kappa shape index (κ1) is 24.1. The largest absolute Gasteiger partial charge is 0.444 e. The molecule has 1 aromatic rings. The zero-order valence-corrected chi connectivity index (χ0v) is 18.8. The molecule has 2 N–H and O–H groups in total. The third-order valence-corrected chi connectivity index (χ3v) is 6.02. The van der Waals surface area contributed by atoms with Crippen LogP contribution in [0.15, 0.2) is 23.1 Å². The summed E-state index contributed by atoms with van der Waals surface area (Å²) in [5.74, 6) is -1.49. The molecule has 30 heavy (non-hydrogen) atoms. The number of nitrogens with one attached hydrogen (secondary N) is 2. The van der Waals surface area contributed by atoms with Crippen molar-refractivity contribution in [3.8, 4) is 0 Å². The van der Waals surface area contributed by atoms with E-state index in [9.17, 15) is 22.4 Å². The number of carbonyl (C=O) groups is 2. The van der Waals surface area contributed by atoms with Crippen molar-refractivity contribution in [3.05, 3.63) is 29.6 Å². The van der Waals surface area contributed by atoms with Gasteiger partial charge in [0.25, 0.3) is 5.91 Å². The van der Waals surface area contributed by atoms with Crippen molar-refractivity contribution in [2.75, 3.05) is 13.1 Å². The van der Waals surface area contributed by atoms with E-state index in [0.29, 0.717) is 25.9 Å². The highest BCUT2D eigenvalue weighted by Gasteiger charge is 2.28. The van der Waals surface area contributed by atoms with E-state index in [1.165, 1.54) is 0 Å². The number of nitrogens with zero attached hydrogens (tertiary/aromatic N) is 1. The number of benzene rings is 1. The standard InChI is InChI=1S/C20H30FN3O5S/c1-13(2)23-30(27,28)15-6-7-17(21)16(12-15)18(25)22-14-8-10-24(11-9-14)19(26)29-20(3,4)5/h6-7,12-14,23H,8-11H2,1-5H3,(H,22,25). The zero-order chi connectivity index (χ0) is 22.7. The fourth-order valence-electron chi connectivity index (χ4n) is 3.02. The lowest BCUT2D eigenvalue weighted by Crippen LogP contribution is -2.47. The van der Waals surface area contributed by atoms with Gasteiger partial charge in [0.05, 0.1) is 10.5 Å². The molecule has 2 amide bonds. The van der Waals surface area contributed by atoms with Crippen LogP contribution >= 0.6 is 0 Å². The van der Waals surface area contributed by atoms with Gasteiger partial charge in [-0.3, -0.25) is 4.79 Å². The second-order valence-corrected chi connectivity index (χ2v) is 10.3. The summed E-state index contributed by atoms with van der Waals surface area (Å²) in [4.78, 5) is 26.1. The van der Waals surface area contributed by atoms with E-state index in [4.69, 9.17) is 4.74 Å². The molecule has 0 aromatic heterocycles. The zero-order valence-electron chi connectivity index (χ0n) is 18.0. The molecule has 0 atom stereocenters. The maximum atomic E-state index is 14.2. The van der Waals surface area contributed by atoms with Gasteiger partial charge < -0.3 is 15.0 Å². The van der Waals surface area contributed by atoms with Gasteiger partial charge in [0.1, 0.15) is 11.4 Å². The SMILES string of the molecule is CC(C)NS(=O)(=O)c1ccc(F)c(C(=O)NC2CCN(C(=O)OC(C)(C)C)CC2)c1. The molecule has 0 spiro atoms.